The minimum atomic E-state index is -0.340. The van der Waals surface area contributed by atoms with Crippen LogP contribution in [0.1, 0.15) is 45.4 Å². The predicted molar refractivity (Wildman–Crippen MR) is 84.8 cm³/mol. The second-order valence-electron chi connectivity index (χ2n) is 6.13. The second-order valence-corrected chi connectivity index (χ2v) is 6.13. The van der Waals surface area contributed by atoms with Crippen LogP contribution in [0, 0.1) is 0 Å². The number of alkyl carbamates (subject to hydrolysis) is 1. The Labute approximate surface area is 137 Å². The topological polar surface area (TPSA) is 79.0 Å². The zero-order valence-corrected chi connectivity index (χ0v) is 13.9. The van der Waals surface area contributed by atoms with Gasteiger partial charge in [-0.3, -0.25) is 14.5 Å². The summed E-state index contributed by atoms with van der Waals surface area (Å²) in [7, 11) is 0. The van der Waals surface area contributed by atoms with Gasteiger partial charge in [0.05, 0.1) is 6.61 Å². The maximum Gasteiger partial charge on any atom is 0.407 e. The summed E-state index contributed by atoms with van der Waals surface area (Å²) >= 11 is 0. The number of carbonyl (C=O) groups excluding carboxylic acids is 3. The number of nitrogens with one attached hydrogen (secondary N) is 1. The van der Waals surface area contributed by atoms with Gasteiger partial charge in [0.15, 0.2) is 0 Å². The van der Waals surface area contributed by atoms with Gasteiger partial charge in [-0.1, -0.05) is 0 Å². The monoisotopic (exact) mass is 325 g/mol. The highest BCUT2D eigenvalue weighted by Gasteiger charge is 2.26. The molecule has 2 rings (SSSR count). The van der Waals surface area contributed by atoms with Gasteiger partial charge in [0.2, 0.25) is 11.8 Å². The molecular formula is C16H27N3O4. The van der Waals surface area contributed by atoms with Crippen molar-refractivity contribution in [3.05, 3.63) is 0 Å². The van der Waals surface area contributed by atoms with Crippen molar-refractivity contribution in [2.45, 2.75) is 51.5 Å². The Balaban J connectivity index is 1.62. The van der Waals surface area contributed by atoms with Crippen LogP contribution in [0.4, 0.5) is 4.79 Å². The molecule has 0 saturated carbocycles. The minimum absolute atomic E-state index is 0.0291. The van der Waals surface area contributed by atoms with E-state index in [0.29, 0.717) is 32.4 Å². The van der Waals surface area contributed by atoms with Crippen molar-refractivity contribution >= 4 is 17.9 Å². The number of imide groups is 1. The number of ether oxygens (including phenoxy) is 1. The molecule has 2 saturated heterocycles. The molecule has 23 heavy (non-hydrogen) atoms. The van der Waals surface area contributed by atoms with Gasteiger partial charge in [-0.05, 0) is 39.2 Å². The summed E-state index contributed by atoms with van der Waals surface area (Å²) in [5, 5.41) is 2.87. The lowest BCUT2D eigenvalue weighted by Gasteiger charge is -2.32. The Morgan fingerprint density at radius 2 is 1.83 bits per heavy atom. The molecule has 2 heterocycles. The van der Waals surface area contributed by atoms with Crippen molar-refractivity contribution in [2.24, 2.45) is 0 Å². The van der Waals surface area contributed by atoms with E-state index in [1.165, 1.54) is 4.90 Å². The standard InChI is InChI=1S/C16H27N3O4/c1-2-23-16(22)17-13-7-11-18(12-8-13)9-4-10-19-14(20)5-3-6-15(19)21/h13H,2-12H2,1H3,(H,17,22). The Kier molecular flexibility index (Phi) is 6.83. The number of nitrogens with zero attached hydrogens (tertiary/aromatic N) is 2. The summed E-state index contributed by atoms with van der Waals surface area (Å²) in [4.78, 5) is 38.6. The summed E-state index contributed by atoms with van der Waals surface area (Å²) in [6.45, 7) is 5.42. The van der Waals surface area contributed by atoms with Crippen molar-refractivity contribution in [2.75, 3.05) is 32.8 Å². The summed E-state index contributed by atoms with van der Waals surface area (Å²) in [5.74, 6) is -0.0582. The molecule has 0 aromatic rings. The summed E-state index contributed by atoms with van der Waals surface area (Å²) in [5.41, 5.74) is 0. The predicted octanol–water partition coefficient (Wildman–Crippen LogP) is 1.13. The summed E-state index contributed by atoms with van der Waals surface area (Å²) in [6, 6.07) is 0.176. The number of hydrogen-bond acceptors (Lipinski definition) is 5. The van der Waals surface area contributed by atoms with E-state index in [9.17, 15) is 14.4 Å². The van der Waals surface area contributed by atoms with Gasteiger partial charge in [0.25, 0.3) is 0 Å². The molecule has 7 heteroatoms. The quantitative estimate of drug-likeness (QED) is 0.741. The molecule has 2 fully saturated rings. The molecule has 0 unspecified atom stereocenters. The number of piperidine rings is 2. The lowest BCUT2D eigenvalue weighted by molar-refractivity contribution is -0.148. The second kappa shape index (κ2) is 8.86. The third-order valence-corrected chi connectivity index (χ3v) is 4.42. The maximum atomic E-state index is 11.7. The van der Waals surface area contributed by atoms with Crippen LogP contribution in [0.5, 0.6) is 0 Å². The van der Waals surface area contributed by atoms with Crippen LogP contribution in [0.25, 0.3) is 0 Å². The van der Waals surface area contributed by atoms with Crippen molar-refractivity contribution in [3.63, 3.8) is 0 Å². The van der Waals surface area contributed by atoms with E-state index in [0.717, 1.165) is 38.9 Å². The zero-order valence-electron chi connectivity index (χ0n) is 13.9. The van der Waals surface area contributed by atoms with Gasteiger partial charge in [0.1, 0.15) is 0 Å². The van der Waals surface area contributed by atoms with Crippen LogP contribution in [0.2, 0.25) is 0 Å². The Bertz CT molecular complexity index is 417. The molecule has 0 radical (unpaired) electrons. The number of rotatable bonds is 6. The molecule has 0 aromatic heterocycles. The Morgan fingerprint density at radius 1 is 1.17 bits per heavy atom. The third kappa shape index (κ3) is 5.49. The molecule has 7 nitrogen and oxygen atoms in total. The van der Waals surface area contributed by atoms with Crippen molar-refractivity contribution in [3.8, 4) is 0 Å². The Morgan fingerprint density at radius 3 is 2.43 bits per heavy atom. The van der Waals surface area contributed by atoms with Gasteiger partial charge in [-0.15, -0.1) is 0 Å². The first-order chi connectivity index (χ1) is 11.1. The molecule has 0 aliphatic carbocycles. The van der Waals surface area contributed by atoms with Crippen LogP contribution < -0.4 is 5.32 Å². The number of carbonyl (C=O) groups is 3. The van der Waals surface area contributed by atoms with Gasteiger partial charge in [0, 0.05) is 38.5 Å². The highest BCUT2D eigenvalue weighted by atomic mass is 16.5. The normalized spacial score (nSPS) is 20.7. The van der Waals surface area contributed by atoms with Gasteiger partial charge < -0.3 is 15.0 Å². The van der Waals surface area contributed by atoms with Crippen LogP contribution >= 0.6 is 0 Å². The first-order valence-corrected chi connectivity index (χ1v) is 8.59. The molecule has 130 valence electrons. The van der Waals surface area contributed by atoms with Crippen molar-refractivity contribution in [1.82, 2.24) is 15.1 Å². The molecule has 2 aliphatic rings. The molecule has 0 spiro atoms. The first kappa shape index (κ1) is 17.7. The lowest BCUT2D eigenvalue weighted by atomic mass is 10.0. The average Bonchev–Trinajstić information content (AvgIpc) is 2.52. The molecule has 1 N–H and O–H groups in total. The average molecular weight is 325 g/mol. The van der Waals surface area contributed by atoms with Gasteiger partial charge in [-0.2, -0.15) is 0 Å². The lowest BCUT2D eigenvalue weighted by Crippen LogP contribution is -2.46. The van der Waals surface area contributed by atoms with Crippen LogP contribution in [-0.2, 0) is 14.3 Å². The van der Waals surface area contributed by atoms with E-state index in [4.69, 9.17) is 4.74 Å². The maximum absolute atomic E-state index is 11.7. The summed E-state index contributed by atoms with van der Waals surface area (Å²) < 4.78 is 4.89. The smallest absolute Gasteiger partial charge is 0.407 e. The van der Waals surface area contributed by atoms with Crippen molar-refractivity contribution < 1.29 is 19.1 Å². The fraction of sp³-hybridized carbons (Fsp3) is 0.812. The van der Waals surface area contributed by atoms with E-state index >= 15 is 0 Å². The fourth-order valence-corrected chi connectivity index (χ4v) is 3.14. The van der Waals surface area contributed by atoms with Crippen molar-refractivity contribution in [1.29, 1.82) is 0 Å². The third-order valence-electron chi connectivity index (χ3n) is 4.42. The van der Waals surface area contributed by atoms with E-state index < -0.39 is 0 Å². The Hall–Kier alpha value is -1.63. The van der Waals surface area contributed by atoms with E-state index in [-0.39, 0.29) is 23.9 Å². The van der Waals surface area contributed by atoms with E-state index in [2.05, 4.69) is 10.2 Å². The highest BCUT2D eigenvalue weighted by molar-refractivity contribution is 5.97. The highest BCUT2D eigenvalue weighted by Crippen LogP contribution is 2.14. The van der Waals surface area contributed by atoms with Gasteiger partial charge >= 0.3 is 6.09 Å². The SMILES string of the molecule is CCOC(=O)NC1CCN(CCCN2C(=O)CCCC2=O)CC1. The van der Waals surface area contributed by atoms with E-state index in [1.54, 1.807) is 6.92 Å². The first-order valence-electron chi connectivity index (χ1n) is 8.59. The van der Waals surface area contributed by atoms with Crippen LogP contribution in [-0.4, -0.2) is 66.5 Å². The zero-order chi connectivity index (χ0) is 16.7. The molecule has 0 atom stereocenters. The van der Waals surface area contributed by atoms with E-state index in [1.807, 2.05) is 0 Å². The minimum Gasteiger partial charge on any atom is -0.450 e. The number of amides is 3. The molecule has 2 aliphatic heterocycles. The molecule has 3 amide bonds. The van der Waals surface area contributed by atoms with Crippen LogP contribution in [0.15, 0.2) is 0 Å². The molecule has 0 bridgehead atoms. The fourth-order valence-electron chi connectivity index (χ4n) is 3.14. The number of likely N-dealkylation sites (tertiary alicyclic amines) is 2. The largest absolute Gasteiger partial charge is 0.450 e. The van der Waals surface area contributed by atoms with Gasteiger partial charge in [-0.25, -0.2) is 4.79 Å². The number of hydrogen-bond donors (Lipinski definition) is 1. The van der Waals surface area contributed by atoms with Crippen LogP contribution in [0.3, 0.4) is 0 Å². The molecular weight excluding hydrogens is 298 g/mol. The summed E-state index contributed by atoms with van der Waals surface area (Å²) in [6.07, 6.45) is 3.96. The molecule has 0 aromatic carbocycles.